The van der Waals surface area contributed by atoms with E-state index in [2.05, 4.69) is 0 Å². The van der Waals surface area contributed by atoms with Gasteiger partial charge in [0.05, 0.1) is 12.4 Å². The topological polar surface area (TPSA) is 96.4 Å². The smallest absolute Gasteiger partial charge is 0.165 e. The first-order chi connectivity index (χ1) is 10.5. The van der Waals surface area contributed by atoms with E-state index >= 15 is 0 Å². The van der Waals surface area contributed by atoms with E-state index in [9.17, 15) is 9.90 Å². The monoisotopic (exact) mass is 322 g/mol. The molecule has 22 heavy (non-hydrogen) atoms. The molecule has 120 valence electrons. The zero-order valence-corrected chi connectivity index (χ0v) is 13.5. The van der Waals surface area contributed by atoms with Crippen LogP contribution >= 0.6 is 11.8 Å². The Labute approximate surface area is 134 Å². The van der Waals surface area contributed by atoms with Crippen molar-refractivity contribution in [3.05, 3.63) is 29.8 Å². The molecular weight excluding hydrogens is 300 g/mol. The van der Waals surface area contributed by atoms with Crippen molar-refractivity contribution < 1.29 is 14.6 Å². The van der Waals surface area contributed by atoms with E-state index in [1.165, 1.54) is 0 Å². The maximum Gasteiger partial charge on any atom is 0.165 e. The van der Waals surface area contributed by atoms with Crippen LogP contribution in [0.2, 0.25) is 0 Å². The van der Waals surface area contributed by atoms with Gasteiger partial charge in [-0.1, -0.05) is 36.7 Å². The third-order valence-electron chi connectivity index (χ3n) is 4.04. The molecule has 1 aromatic rings. The number of nitrogens with one attached hydrogen (secondary N) is 1. The van der Waals surface area contributed by atoms with Gasteiger partial charge < -0.3 is 15.6 Å². The van der Waals surface area contributed by atoms with Crippen LogP contribution in [-0.2, 0) is 4.79 Å². The molecule has 1 saturated carbocycles. The van der Waals surface area contributed by atoms with Gasteiger partial charge in [-0.15, -0.1) is 0 Å². The number of nitrogens with two attached hydrogens (primary N) is 1. The minimum Gasteiger partial charge on any atom is -0.497 e. The molecule has 0 radical (unpaired) electrons. The molecule has 0 heterocycles. The lowest BCUT2D eigenvalue weighted by atomic mass is 9.86. The molecule has 1 aromatic carbocycles. The fraction of sp³-hybridized carbons (Fsp3) is 0.500. The first-order valence-corrected chi connectivity index (χ1v) is 8.25. The molecule has 1 aliphatic rings. The number of amidine groups is 1. The molecule has 0 aromatic heterocycles. The number of hydrogen-bond donors (Lipinski definition) is 3. The zero-order valence-electron chi connectivity index (χ0n) is 12.7. The highest BCUT2D eigenvalue weighted by Crippen LogP contribution is 2.44. The molecule has 1 fully saturated rings. The average Bonchev–Trinajstić information content (AvgIpc) is 2.67. The lowest BCUT2D eigenvalue weighted by Gasteiger charge is -2.33. The maximum atomic E-state index is 12.5. The molecule has 0 amide bonds. The second kappa shape index (κ2) is 7.15. The predicted octanol–water partition coefficient (Wildman–Crippen LogP) is 2.63. The number of aliphatic hydroxyl groups is 1. The Hall–Kier alpha value is -1.53. The summed E-state index contributed by atoms with van der Waals surface area (Å²) in [7, 11) is 1.58. The van der Waals surface area contributed by atoms with E-state index in [4.69, 9.17) is 15.9 Å². The molecule has 2 atom stereocenters. The second-order valence-corrected chi connectivity index (χ2v) is 6.69. The lowest BCUT2D eigenvalue weighted by Crippen LogP contribution is -2.43. The van der Waals surface area contributed by atoms with Crippen molar-refractivity contribution in [2.45, 2.75) is 43.0 Å². The van der Waals surface area contributed by atoms with Crippen molar-refractivity contribution in [2.75, 3.05) is 7.11 Å². The Kier molecular flexibility index (Phi) is 5.47. The molecule has 2 unspecified atom stereocenters. The number of carbonyl (C=O) groups excluding carboxylic acids is 1. The Balaban J connectivity index is 2.38. The third kappa shape index (κ3) is 3.62. The van der Waals surface area contributed by atoms with E-state index in [1.807, 2.05) is 12.1 Å². The molecule has 5 nitrogen and oxygen atoms in total. The summed E-state index contributed by atoms with van der Waals surface area (Å²) in [6.07, 6.45) is 3.33. The molecule has 4 N–H and O–H groups in total. The van der Waals surface area contributed by atoms with Crippen molar-refractivity contribution >= 4 is 22.7 Å². The third-order valence-corrected chi connectivity index (χ3v) is 5.19. The molecule has 0 aliphatic heterocycles. The fourth-order valence-corrected chi connectivity index (χ4v) is 3.83. The number of hydrogen-bond acceptors (Lipinski definition) is 5. The largest absolute Gasteiger partial charge is 0.497 e. The van der Waals surface area contributed by atoms with Crippen LogP contribution in [0.5, 0.6) is 5.75 Å². The number of ether oxygens (including phenoxy) is 1. The standard InChI is InChI=1S/C16H22N2O3S/c1-21-12-8-6-11(7-9-12)14(22-15(17)18)16(20)10-4-2-3-5-13(16)19/h6-9,14,20H,2-5,10H2,1H3,(H3,17,18). The minimum atomic E-state index is -1.47. The zero-order chi connectivity index (χ0) is 16.2. The Morgan fingerprint density at radius 1 is 1.36 bits per heavy atom. The van der Waals surface area contributed by atoms with Crippen molar-refractivity contribution in [3.8, 4) is 5.75 Å². The van der Waals surface area contributed by atoms with Crippen molar-refractivity contribution in [3.63, 3.8) is 0 Å². The van der Waals surface area contributed by atoms with Gasteiger partial charge in [0.1, 0.15) is 11.4 Å². The summed E-state index contributed by atoms with van der Waals surface area (Å²) in [5.41, 5.74) is 4.84. The summed E-state index contributed by atoms with van der Waals surface area (Å²) in [6.45, 7) is 0. The Morgan fingerprint density at radius 3 is 2.64 bits per heavy atom. The van der Waals surface area contributed by atoms with Crippen LogP contribution < -0.4 is 10.5 Å². The predicted molar refractivity (Wildman–Crippen MR) is 88.3 cm³/mol. The summed E-state index contributed by atoms with van der Waals surface area (Å²) in [6, 6.07) is 7.20. The maximum absolute atomic E-state index is 12.5. The summed E-state index contributed by atoms with van der Waals surface area (Å²) < 4.78 is 5.14. The summed E-state index contributed by atoms with van der Waals surface area (Å²) in [5.74, 6) is 0.550. The van der Waals surface area contributed by atoms with Gasteiger partial charge in [0, 0.05) is 6.42 Å². The van der Waals surface area contributed by atoms with Crippen LogP contribution in [0.15, 0.2) is 24.3 Å². The van der Waals surface area contributed by atoms with E-state index in [1.54, 1.807) is 19.2 Å². The summed E-state index contributed by atoms with van der Waals surface area (Å²) >= 11 is 1.03. The van der Waals surface area contributed by atoms with Gasteiger partial charge in [-0.25, -0.2) is 0 Å². The number of methoxy groups -OCH3 is 1. The molecule has 0 bridgehead atoms. The molecular formula is C16H22N2O3S. The van der Waals surface area contributed by atoms with Crippen LogP contribution in [0.3, 0.4) is 0 Å². The number of carbonyl (C=O) groups is 1. The normalized spacial score (nSPS) is 23.6. The minimum absolute atomic E-state index is 0.105. The number of benzene rings is 1. The first-order valence-electron chi connectivity index (χ1n) is 7.37. The number of rotatable bonds is 4. The van der Waals surface area contributed by atoms with E-state index in [-0.39, 0.29) is 11.0 Å². The second-order valence-electron chi connectivity index (χ2n) is 5.54. The summed E-state index contributed by atoms with van der Waals surface area (Å²) in [5, 5.41) is 18.0. The van der Waals surface area contributed by atoms with Crippen molar-refractivity contribution in [1.29, 1.82) is 5.41 Å². The van der Waals surface area contributed by atoms with Crippen molar-refractivity contribution in [2.24, 2.45) is 5.73 Å². The Bertz CT molecular complexity index is 547. The van der Waals surface area contributed by atoms with Gasteiger partial charge in [-0.2, -0.15) is 0 Å². The molecule has 1 aliphatic carbocycles. The summed E-state index contributed by atoms with van der Waals surface area (Å²) in [4.78, 5) is 12.5. The Morgan fingerprint density at radius 2 is 2.05 bits per heavy atom. The highest BCUT2D eigenvalue weighted by atomic mass is 32.2. The van der Waals surface area contributed by atoms with Crippen LogP contribution in [0.25, 0.3) is 0 Å². The SMILES string of the molecule is COc1ccc(C(SC(=N)N)C2(O)CCCCCC2=O)cc1. The van der Waals surface area contributed by atoms with Gasteiger partial charge >= 0.3 is 0 Å². The number of ketones is 1. The fourth-order valence-electron chi connectivity index (χ4n) is 2.84. The molecule has 2 rings (SSSR count). The van der Waals surface area contributed by atoms with Gasteiger partial charge in [0.25, 0.3) is 0 Å². The first kappa shape index (κ1) is 16.8. The van der Waals surface area contributed by atoms with E-state index < -0.39 is 10.9 Å². The highest BCUT2D eigenvalue weighted by Gasteiger charge is 2.45. The molecule has 6 heteroatoms. The average molecular weight is 322 g/mol. The van der Waals surface area contributed by atoms with Crippen LogP contribution in [0, 0.1) is 5.41 Å². The van der Waals surface area contributed by atoms with Gasteiger partial charge in [-0.05, 0) is 30.5 Å². The van der Waals surface area contributed by atoms with Gasteiger partial charge in [0.15, 0.2) is 11.0 Å². The van der Waals surface area contributed by atoms with Gasteiger partial charge in [-0.3, -0.25) is 10.2 Å². The van der Waals surface area contributed by atoms with Crippen LogP contribution in [-0.4, -0.2) is 28.8 Å². The van der Waals surface area contributed by atoms with E-state index in [0.717, 1.165) is 36.6 Å². The lowest BCUT2D eigenvalue weighted by molar-refractivity contribution is -0.137. The molecule has 0 spiro atoms. The quantitative estimate of drug-likeness (QED) is 0.450. The number of thioether (sulfide) groups is 1. The van der Waals surface area contributed by atoms with Gasteiger partial charge in [0.2, 0.25) is 0 Å². The van der Waals surface area contributed by atoms with Crippen molar-refractivity contribution in [1.82, 2.24) is 0 Å². The van der Waals surface area contributed by atoms with Crippen LogP contribution in [0.1, 0.15) is 42.9 Å². The number of Topliss-reactive ketones (excluding diaryl/α,β-unsaturated/α-hetero) is 1. The highest BCUT2D eigenvalue weighted by molar-refractivity contribution is 8.13. The molecule has 0 saturated heterocycles. The van der Waals surface area contributed by atoms with Crippen LogP contribution in [0.4, 0.5) is 0 Å². The van der Waals surface area contributed by atoms with E-state index in [0.29, 0.717) is 18.6 Å².